The van der Waals surface area contributed by atoms with Crippen LogP contribution in [0, 0.1) is 0 Å². The molecule has 1 atom stereocenters. The molecule has 5 nitrogen and oxygen atoms in total. The van der Waals surface area contributed by atoms with E-state index in [-0.39, 0.29) is 13.2 Å². The molecule has 0 bridgehead atoms. The number of fused-ring (bicyclic) bond motifs is 1. The maximum atomic E-state index is 10.6. The van der Waals surface area contributed by atoms with Crippen molar-refractivity contribution in [3.8, 4) is 11.5 Å². The lowest BCUT2D eigenvalue weighted by Crippen LogP contribution is -2.25. The summed E-state index contributed by atoms with van der Waals surface area (Å²) in [5, 5.41) is 11.6. The Balaban J connectivity index is 1.49. The number of aliphatic hydroxyl groups excluding tert-OH is 1. The van der Waals surface area contributed by atoms with E-state index in [0.717, 1.165) is 15.5 Å². The Labute approximate surface area is 198 Å². The third-order valence-electron chi connectivity index (χ3n) is 4.63. The molecule has 0 aliphatic rings. The largest absolute Gasteiger partial charge is 0.491 e. The van der Waals surface area contributed by atoms with Gasteiger partial charge in [-0.25, -0.2) is 4.98 Å². The zero-order valence-corrected chi connectivity index (χ0v) is 19.4. The summed E-state index contributed by atoms with van der Waals surface area (Å²) in [6, 6.07) is 20.3. The van der Waals surface area contributed by atoms with Gasteiger partial charge in [-0.2, -0.15) is 0 Å². The van der Waals surface area contributed by atoms with Crippen molar-refractivity contribution in [2.24, 2.45) is 0 Å². The molecule has 0 fully saturated rings. The van der Waals surface area contributed by atoms with Crippen molar-refractivity contribution in [1.29, 1.82) is 0 Å². The van der Waals surface area contributed by atoms with E-state index < -0.39 is 6.10 Å². The summed E-state index contributed by atoms with van der Waals surface area (Å²) < 4.78 is 14.5. The van der Waals surface area contributed by atoms with Crippen LogP contribution in [0.15, 0.2) is 71.2 Å². The van der Waals surface area contributed by atoms with Gasteiger partial charge in [0.2, 0.25) is 0 Å². The lowest BCUT2D eigenvalue weighted by atomic mass is 10.3. The number of benzene rings is 3. The zero-order chi connectivity index (χ0) is 21.8. The number of nitrogens with zero attached hydrogens (tertiary/aromatic N) is 2. The average Bonchev–Trinajstić information content (AvgIpc) is 3.10. The maximum absolute atomic E-state index is 10.6. The molecule has 0 aliphatic heterocycles. The highest BCUT2D eigenvalue weighted by Gasteiger charge is 2.16. The number of ether oxygens (including phenoxy) is 2. The van der Waals surface area contributed by atoms with E-state index in [2.05, 4.69) is 20.9 Å². The van der Waals surface area contributed by atoms with Gasteiger partial charge in [0, 0.05) is 9.50 Å². The van der Waals surface area contributed by atoms with Gasteiger partial charge in [-0.3, -0.25) is 0 Å². The average molecular weight is 522 g/mol. The molecule has 1 heterocycles. The van der Waals surface area contributed by atoms with E-state index in [0.29, 0.717) is 33.9 Å². The van der Waals surface area contributed by atoms with Crippen LogP contribution in [-0.2, 0) is 13.2 Å². The predicted molar refractivity (Wildman–Crippen MR) is 126 cm³/mol. The van der Waals surface area contributed by atoms with Crippen LogP contribution in [0.1, 0.15) is 5.82 Å². The van der Waals surface area contributed by atoms with Crippen molar-refractivity contribution in [3.05, 3.63) is 87.1 Å². The molecule has 160 valence electrons. The monoisotopic (exact) mass is 520 g/mol. The Morgan fingerprint density at radius 1 is 1.00 bits per heavy atom. The van der Waals surface area contributed by atoms with E-state index in [1.165, 1.54) is 0 Å². The molecule has 0 spiro atoms. The van der Waals surface area contributed by atoms with Crippen molar-refractivity contribution < 1.29 is 14.6 Å². The van der Waals surface area contributed by atoms with Crippen LogP contribution < -0.4 is 9.47 Å². The number of aliphatic hydroxyl groups is 1. The smallest absolute Gasteiger partial charge is 0.148 e. The normalized spacial score (nSPS) is 12.1. The Kier molecular flexibility index (Phi) is 7.02. The molecule has 0 amide bonds. The third kappa shape index (κ3) is 5.52. The van der Waals surface area contributed by atoms with Crippen molar-refractivity contribution >= 4 is 50.2 Å². The quantitative estimate of drug-likeness (QED) is 0.303. The number of aromatic nitrogens is 2. The highest BCUT2D eigenvalue weighted by Crippen LogP contribution is 2.28. The number of halogens is 3. The number of hydrogen-bond acceptors (Lipinski definition) is 4. The minimum absolute atomic E-state index is 0.150. The first-order valence-corrected chi connectivity index (χ1v) is 11.1. The molecule has 4 aromatic rings. The van der Waals surface area contributed by atoms with E-state index in [1.807, 2.05) is 53.1 Å². The topological polar surface area (TPSA) is 56.5 Å². The van der Waals surface area contributed by atoms with E-state index in [4.69, 9.17) is 32.7 Å². The van der Waals surface area contributed by atoms with Gasteiger partial charge in [0.25, 0.3) is 0 Å². The standard InChI is InChI=1S/C23H19BrCl2N2O3/c24-15-5-8-18(9-6-15)30-13-17(29)12-28-21-4-2-1-3-20(21)27-23(28)14-31-22-10-7-16(25)11-19(22)26/h1-11,17,29H,12-14H2. The molecule has 0 saturated heterocycles. The minimum atomic E-state index is -0.737. The van der Waals surface area contributed by atoms with Gasteiger partial charge >= 0.3 is 0 Å². The molecule has 0 radical (unpaired) electrons. The maximum Gasteiger partial charge on any atom is 0.148 e. The highest BCUT2D eigenvalue weighted by atomic mass is 79.9. The first-order valence-electron chi connectivity index (χ1n) is 9.58. The second-order valence-electron chi connectivity index (χ2n) is 6.91. The predicted octanol–water partition coefficient (Wildman–Crippen LogP) is 6.12. The van der Waals surface area contributed by atoms with Crippen molar-refractivity contribution in [3.63, 3.8) is 0 Å². The summed E-state index contributed by atoms with van der Waals surface area (Å²) >= 11 is 15.6. The van der Waals surface area contributed by atoms with Gasteiger partial charge in [0.15, 0.2) is 0 Å². The van der Waals surface area contributed by atoms with Crippen molar-refractivity contribution in [2.75, 3.05) is 6.61 Å². The summed E-state index contributed by atoms with van der Waals surface area (Å²) in [7, 11) is 0. The number of hydrogen-bond donors (Lipinski definition) is 1. The van der Waals surface area contributed by atoms with Gasteiger partial charge in [0.05, 0.1) is 22.6 Å². The zero-order valence-electron chi connectivity index (χ0n) is 16.3. The molecule has 0 saturated carbocycles. The fourth-order valence-corrected chi connectivity index (χ4v) is 3.89. The lowest BCUT2D eigenvalue weighted by molar-refractivity contribution is 0.0917. The van der Waals surface area contributed by atoms with Gasteiger partial charge in [-0.05, 0) is 54.6 Å². The Bertz CT molecular complexity index is 1180. The minimum Gasteiger partial charge on any atom is -0.491 e. The molecule has 8 heteroatoms. The molecular formula is C23H19BrCl2N2O3. The lowest BCUT2D eigenvalue weighted by Gasteiger charge is -2.16. The molecule has 3 aromatic carbocycles. The Morgan fingerprint density at radius 3 is 2.55 bits per heavy atom. The molecule has 1 unspecified atom stereocenters. The molecule has 31 heavy (non-hydrogen) atoms. The number of rotatable bonds is 8. The fraction of sp³-hybridized carbons (Fsp3) is 0.174. The van der Waals surface area contributed by atoms with Crippen LogP contribution in [0.3, 0.4) is 0 Å². The van der Waals surface area contributed by atoms with Gasteiger partial charge in [-0.15, -0.1) is 0 Å². The highest BCUT2D eigenvalue weighted by molar-refractivity contribution is 9.10. The summed E-state index contributed by atoms with van der Waals surface area (Å²) in [4.78, 5) is 4.67. The fourth-order valence-electron chi connectivity index (χ4n) is 3.16. The van der Waals surface area contributed by atoms with Gasteiger partial charge in [0.1, 0.15) is 36.6 Å². The Morgan fingerprint density at radius 2 is 1.77 bits per heavy atom. The third-order valence-corrected chi connectivity index (χ3v) is 5.69. The van der Waals surface area contributed by atoms with Crippen LogP contribution >= 0.6 is 39.1 Å². The van der Waals surface area contributed by atoms with E-state index in [1.54, 1.807) is 18.2 Å². The SMILES string of the molecule is OC(COc1ccc(Br)cc1)Cn1c(COc2ccc(Cl)cc2Cl)nc2ccccc21. The molecule has 1 N–H and O–H groups in total. The van der Waals surface area contributed by atoms with Crippen LogP contribution in [0.2, 0.25) is 10.0 Å². The summed E-state index contributed by atoms with van der Waals surface area (Å²) in [5.74, 6) is 1.89. The van der Waals surface area contributed by atoms with Gasteiger partial charge < -0.3 is 19.1 Å². The number of para-hydroxylation sites is 2. The summed E-state index contributed by atoms with van der Waals surface area (Å²) in [6.07, 6.45) is -0.737. The van der Waals surface area contributed by atoms with Crippen LogP contribution in [0.5, 0.6) is 11.5 Å². The molecule has 1 aromatic heterocycles. The summed E-state index contributed by atoms with van der Waals surface area (Å²) in [6.45, 7) is 0.651. The van der Waals surface area contributed by atoms with E-state index in [9.17, 15) is 5.11 Å². The van der Waals surface area contributed by atoms with Crippen molar-refractivity contribution in [1.82, 2.24) is 9.55 Å². The Hall–Kier alpha value is -2.25. The van der Waals surface area contributed by atoms with Crippen LogP contribution in [0.4, 0.5) is 0 Å². The first-order chi connectivity index (χ1) is 15.0. The van der Waals surface area contributed by atoms with Crippen molar-refractivity contribution in [2.45, 2.75) is 19.3 Å². The second-order valence-corrected chi connectivity index (χ2v) is 8.67. The summed E-state index contributed by atoms with van der Waals surface area (Å²) in [5.41, 5.74) is 1.73. The first kappa shape index (κ1) is 22.0. The molecule has 4 rings (SSSR count). The van der Waals surface area contributed by atoms with E-state index >= 15 is 0 Å². The molecular weight excluding hydrogens is 503 g/mol. The van der Waals surface area contributed by atoms with Crippen LogP contribution in [-0.4, -0.2) is 27.4 Å². The second kappa shape index (κ2) is 9.92. The number of imidazole rings is 1. The van der Waals surface area contributed by atoms with Gasteiger partial charge in [-0.1, -0.05) is 51.3 Å². The molecule has 0 aliphatic carbocycles. The van der Waals surface area contributed by atoms with Crippen LogP contribution in [0.25, 0.3) is 11.0 Å².